The molecule has 2 aromatic rings. The molecule has 0 amide bonds. The minimum atomic E-state index is -1.81. The van der Waals surface area contributed by atoms with Crippen molar-refractivity contribution in [1.82, 2.24) is 9.80 Å². The zero-order valence-corrected chi connectivity index (χ0v) is 40.5. The molecular weight excluding hydrogens is 861 g/mol. The maximum absolute atomic E-state index is 13.4. The van der Waals surface area contributed by atoms with Gasteiger partial charge in [0.2, 0.25) is 13.6 Å². The van der Waals surface area contributed by atoms with Gasteiger partial charge in [-0.25, -0.2) is 9.59 Å². The van der Waals surface area contributed by atoms with Crippen LogP contribution in [0, 0.1) is 0 Å². The summed E-state index contributed by atoms with van der Waals surface area (Å²) in [5, 5.41) is 59.7. The number of nitrogens with zero attached hydrogens (tertiary/aromatic N) is 2. The van der Waals surface area contributed by atoms with Gasteiger partial charge in [-0.05, 0) is 164 Å². The smallest absolute Gasteiger partial charge is 0.338 e. The van der Waals surface area contributed by atoms with E-state index in [-0.39, 0.29) is 55.4 Å². The topological polar surface area (TPSA) is 208 Å². The van der Waals surface area contributed by atoms with Gasteiger partial charge in [-0.15, -0.1) is 0 Å². The van der Waals surface area contributed by atoms with E-state index in [2.05, 4.69) is 53.1 Å². The van der Waals surface area contributed by atoms with Crippen molar-refractivity contribution in [2.45, 2.75) is 177 Å². The van der Waals surface area contributed by atoms with Gasteiger partial charge < -0.3 is 54.3 Å². The summed E-state index contributed by atoms with van der Waals surface area (Å²) < 4.78 is 28.6. The highest BCUT2D eigenvalue weighted by Crippen LogP contribution is 2.57. The Balaban J connectivity index is 0.000000153. The van der Waals surface area contributed by atoms with Crippen molar-refractivity contribution in [3.05, 3.63) is 69.8 Å². The molecule has 0 radical (unpaired) electrons. The Bertz CT molecular complexity index is 2300. The second kappa shape index (κ2) is 17.9. The van der Waals surface area contributed by atoms with Crippen molar-refractivity contribution in [1.29, 1.82) is 0 Å². The Kier molecular flexibility index (Phi) is 13.2. The highest BCUT2D eigenvalue weighted by molar-refractivity contribution is 5.80. The Labute approximate surface area is 394 Å². The molecule has 0 bridgehead atoms. The van der Waals surface area contributed by atoms with E-state index >= 15 is 0 Å². The first kappa shape index (κ1) is 49.2. The van der Waals surface area contributed by atoms with E-state index in [1.165, 1.54) is 37.0 Å². The zero-order valence-electron chi connectivity index (χ0n) is 40.5. The summed E-state index contributed by atoms with van der Waals surface area (Å²) >= 11 is 0. The summed E-state index contributed by atoms with van der Waals surface area (Å²) in [4.78, 5) is 29.0. The van der Waals surface area contributed by atoms with Crippen molar-refractivity contribution in [3.63, 3.8) is 0 Å². The number of carbonyl (C=O) groups excluding carboxylic acids is 1. The number of ether oxygens (including phenoxy) is 5. The van der Waals surface area contributed by atoms with Gasteiger partial charge >= 0.3 is 11.9 Å². The summed E-state index contributed by atoms with van der Waals surface area (Å²) in [7, 11) is 0. The van der Waals surface area contributed by atoms with Gasteiger partial charge in [0.15, 0.2) is 34.2 Å². The maximum Gasteiger partial charge on any atom is 0.338 e. The Hall–Kier alpha value is -4.22. The molecule has 8 atom stereocenters. The molecule has 368 valence electrons. The van der Waals surface area contributed by atoms with Gasteiger partial charge in [0.25, 0.3) is 0 Å². The average Bonchev–Trinajstić information content (AvgIpc) is 4.11. The zero-order chi connectivity index (χ0) is 48.5. The molecule has 6 aliphatic heterocycles. The van der Waals surface area contributed by atoms with Crippen molar-refractivity contribution < 1.29 is 63.9 Å². The number of carboxylic acid groups (broad SMARTS) is 1. The normalized spacial score (nSPS) is 29.6. The first-order valence-corrected chi connectivity index (χ1v) is 24.2. The number of aliphatic hydroxyl groups is 5. The molecule has 0 saturated carbocycles. The predicted octanol–water partition coefficient (Wildman–Crippen LogP) is 5.65. The Morgan fingerprint density at radius 2 is 1.10 bits per heavy atom. The van der Waals surface area contributed by atoms with E-state index in [9.17, 15) is 35.1 Å². The highest BCUT2D eigenvalue weighted by atomic mass is 16.7. The minimum absolute atomic E-state index is 0.00243. The fourth-order valence-electron chi connectivity index (χ4n) is 12.6. The Morgan fingerprint density at radius 1 is 0.672 bits per heavy atom. The molecule has 0 aromatic heterocycles. The molecule has 8 aliphatic rings. The number of rotatable bonds is 9. The number of hydrogen-bond acceptors (Lipinski definition) is 14. The average molecular weight is 933 g/mol. The van der Waals surface area contributed by atoms with Gasteiger partial charge in [0.1, 0.15) is 6.10 Å². The molecule has 15 heteroatoms. The lowest BCUT2D eigenvalue weighted by Gasteiger charge is -2.40. The molecule has 2 fully saturated rings. The van der Waals surface area contributed by atoms with Gasteiger partial charge in [0, 0.05) is 43.3 Å². The first-order chi connectivity index (χ1) is 31.5. The summed E-state index contributed by atoms with van der Waals surface area (Å²) in [5.74, 6) is 1.28. The van der Waals surface area contributed by atoms with Crippen LogP contribution < -0.4 is 18.9 Å². The number of carboxylic acids is 1. The van der Waals surface area contributed by atoms with E-state index in [0.717, 1.165) is 98.0 Å². The number of fused-ring (bicyclic) bond motifs is 6. The predicted molar refractivity (Wildman–Crippen MR) is 248 cm³/mol. The van der Waals surface area contributed by atoms with Crippen LogP contribution in [0.25, 0.3) is 0 Å². The second-order valence-corrected chi connectivity index (χ2v) is 21.5. The summed E-state index contributed by atoms with van der Waals surface area (Å²) in [5.41, 5.74) is 0.904. The minimum Gasteiger partial charge on any atom is -0.479 e. The van der Waals surface area contributed by atoms with Gasteiger partial charge in [-0.3, -0.25) is 9.80 Å². The highest BCUT2D eigenvalue weighted by Gasteiger charge is 2.58. The lowest BCUT2D eigenvalue weighted by Crippen LogP contribution is -2.50. The van der Waals surface area contributed by atoms with Crippen LogP contribution in [0.1, 0.15) is 141 Å². The lowest BCUT2D eigenvalue weighted by molar-refractivity contribution is -0.177. The fraction of sp³-hybridized carbons (Fsp3) is 0.654. The fourth-order valence-corrected chi connectivity index (χ4v) is 12.6. The van der Waals surface area contributed by atoms with Crippen LogP contribution in [0.3, 0.4) is 0 Å². The number of hydrogen-bond donors (Lipinski definition) is 6. The SMILES string of the molecule is CC1=C[C@]23CCCN2CCc2cc4c(cc2[C@@H]3C1O)OCO4.CCC(O)(CC(C)(C)O)C(=O)O.CCC(O)(CC(C)(C)O)C(=O)OC1C(C)=C[C@]23CCCN2CCc2cc4c(cc2[C@H]13)OCO4. The van der Waals surface area contributed by atoms with Crippen molar-refractivity contribution in [3.8, 4) is 23.0 Å². The quantitative estimate of drug-likeness (QED) is 0.133. The summed E-state index contributed by atoms with van der Waals surface area (Å²) in [6.07, 6.45) is 10.1. The number of aliphatic carboxylic acids is 1. The monoisotopic (exact) mass is 933 g/mol. The molecule has 4 unspecified atom stereocenters. The standard InChI is InChI=1S/C26H35NO6.C18H21NO3.C8H16O4/c1-5-26(30,14-24(3,4)29)23(28)33-22-16(2)13-25-8-6-9-27(25)10-7-17-11-19-20(32-15-31-19)12-18(17)21(22)25;1-11-9-18-4-2-5-19(18)6-3-12-7-14-15(22-10-21-14)8-13(12)16(18)17(11)20;1-4-8(12,6(9)10)5-7(2,3)11/h11-13,21-22,29-30H,5-10,14-15H2,1-4H3;7-9,16-17,20H,2-6,10H2,1H3;11-12H,4-5H2,1-3H3,(H,9,10)/t21-,22?,25+,26?;16-,17?,18+;/m11./s1. The van der Waals surface area contributed by atoms with Gasteiger partial charge in [-0.2, -0.15) is 0 Å². The summed E-state index contributed by atoms with van der Waals surface area (Å²) in [6.45, 7) is 18.2. The maximum atomic E-state index is 13.4. The molecule has 6 heterocycles. The van der Waals surface area contributed by atoms with Crippen LogP contribution in [0.2, 0.25) is 0 Å². The van der Waals surface area contributed by atoms with Crippen molar-refractivity contribution in [2.24, 2.45) is 0 Å². The van der Waals surface area contributed by atoms with E-state index < -0.39 is 46.6 Å². The lowest BCUT2D eigenvalue weighted by atomic mass is 9.77. The number of carbonyl (C=O) groups is 2. The molecule has 15 nitrogen and oxygen atoms in total. The van der Waals surface area contributed by atoms with Gasteiger partial charge in [0.05, 0.1) is 22.8 Å². The molecule has 10 rings (SSSR count). The van der Waals surface area contributed by atoms with Crippen LogP contribution in [-0.4, -0.2) is 138 Å². The van der Waals surface area contributed by atoms with Crippen LogP contribution in [0.15, 0.2) is 47.6 Å². The molecule has 2 aliphatic carbocycles. The van der Waals surface area contributed by atoms with Crippen LogP contribution in [-0.2, 0) is 27.2 Å². The molecule has 2 spiro atoms. The molecule has 67 heavy (non-hydrogen) atoms. The molecule has 6 N–H and O–H groups in total. The van der Waals surface area contributed by atoms with E-state index in [1.54, 1.807) is 27.7 Å². The van der Waals surface area contributed by atoms with E-state index in [0.29, 0.717) is 6.79 Å². The second-order valence-electron chi connectivity index (χ2n) is 21.5. The third kappa shape index (κ3) is 9.10. The number of benzene rings is 2. The summed E-state index contributed by atoms with van der Waals surface area (Å²) in [6, 6.07) is 8.41. The Morgan fingerprint density at radius 3 is 1.55 bits per heavy atom. The first-order valence-electron chi connectivity index (χ1n) is 24.2. The van der Waals surface area contributed by atoms with Crippen molar-refractivity contribution in [2.75, 3.05) is 39.8 Å². The van der Waals surface area contributed by atoms with Crippen LogP contribution in [0.5, 0.6) is 23.0 Å². The third-order valence-corrected chi connectivity index (χ3v) is 15.6. The van der Waals surface area contributed by atoms with Crippen molar-refractivity contribution >= 4 is 11.9 Å². The molecule has 2 saturated heterocycles. The molecular formula is C52H72N2O13. The third-order valence-electron chi connectivity index (χ3n) is 15.6. The van der Waals surface area contributed by atoms with Crippen LogP contribution >= 0.6 is 0 Å². The largest absolute Gasteiger partial charge is 0.479 e. The number of esters is 1. The van der Waals surface area contributed by atoms with Crippen LogP contribution in [0.4, 0.5) is 0 Å². The van der Waals surface area contributed by atoms with Gasteiger partial charge in [-0.1, -0.05) is 26.0 Å². The number of aliphatic hydroxyl groups excluding tert-OH is 1. The molecule has 2 aromatic carbocycles. The van der Waals surface area contributed by atoms with E-state index in [1.807, 2.05) is 6.92 Å². The van der Waals surface area contributed by atoms with E-state index in [4.69, 9.17) is 28.8 Å².